The Balaban J connectivity index is 2.51. The van der Waals surface area contributed by atoms with Gasteiger partial charge in [-0.05, 0) is 35.8 Å². The van der Waals surface area contributed by atoms with Gasteiger partial charge in [-0.15, -0.1) is 0 Å². The van der Waals surface area contributed by atoms with Crippen LogP contribution in [0.3, 0.4) is 0 Å². The summed E-state index contributed by atoms with van der Waals surface area (Å²) in [5.41, 5.74) is -1.19. The van der Waals surface area contributed by atoms with Gasteiger partial charge in [0.15, 0.2) is 6.29 Å². The summed E-state index contributed by atoms with van der Waals surface area (Å²) in [6.07, 6.45) is 0.408. The molecule has 1 aromatic heterocycles. The molecule has 0 fully saturated rings. The monoisotopic (exact) mass is 357 g/mol. The maximum Gasteiger partial charge on any atom is 0.335 e. The van der Waals surface area contributed by atoms with Gasteiger partial charge in [0.1, 0.15) is 11.0 Å². The van der Waals surface area contributed by atoms with E-state index in [2.05, 4.69) is 10.3 Å². The highest BCUT2D eigenvalue weighted by Crippen LogP contribution is 2.47. The van der Waals surface area contributed by atoms with E-state index in [9.17, 15) is 24.6 Å². The van der Waals surface area contributed by atoms with Crippen molar-refractivity contribution in [3.05, 3.63) is 46.3 Å². The lowest BCUT2D eigenvalue weighted by molar-refractivity contribution is -0.134. The van der Waals surface area contributed by atoms with Crippen molar-refractivity contribution in [2.45, 2.75) is 19.3 Å². The van der Waals surface area contributed by atoms with Crippen LogP contribution in [-0.4, -0.2) is 50.7 Å². The number of likely N-dealkylation sites (N-methyl/N-ethyl adjacent to an activating group) is 1. The topological polar surface area (TPSA) is 134 Å². The lowest BCUT2D eigenvalue weighted by atomic mass is 9.66. The first-order valence-electron chi connectivity index (χ1n) is 7.58. The van der Waals surface area contributed by atoms with E-state index < -0.39 is 17.4 Å². The minimum absolute atomic E-state index is 0.129. The Morgan fingerprint density at radius 1 is 1.19 bits per heavy atom. The van der Waals surface area contributed by atoms with E-state index in [0.717, 1.165) is 0 Å². The first-order valence-corrected chi connectivity index (χ1v) is 7.58. The number of aliphatic carboxylic acids is 2. The Bertz CT molecular complexity index is 1020. The Hall–Kier alpha value is -3.49. The van der Waals surface area contributed by atoms with Gasteiger partial charge >= 0.3 is 11.9 Å². The fourth-order valence-electron chi connectivity index (χ4n) is 3.57. The number of fused-ring (bicyclic) bond motifs is 1. The third-order valence-corrected chi connectivity index (χ3v) is 4.85. The van der Waals surface area contributed by atoms with Crippen molar-refractivity contribution in [1.29, 1.82) is 0 Å². The second-order valence-corrected chi connectivity index (χ2v) is 6.07. The zero-order chi connectivity index (χ0) is 19.2. The molecule has 0 bridgehead atoms. The van der Waals surface area contributed by atoms with Crippen LogP contribution >= 0.6 is 0 Å². The molecule has 0 saturated carbocycles. The number of aromatic nitrogens is 2. The van der Waals surface area contributed by atoms with Crippen LogP contribution in [0.5, 0.6) is 0 Å². The van der Waals surface area contributed by atoms with Gasteiger partial charge in [0.2, 0.25) is 0 Å². The highest BCUT2D eigenvalue weighted by atomic mass is 16.6. The number of carbonyl (C=O) groups excluding carboxylic acids is 1. The zero-order valence-corrected chi connectivity index (χ0v) is 14.2. The van der Waals surface area contributed by atoms with Crippen LogP contribution in [0.25, 0.3) is 11.0 Å². The quantitative estimate of drug-likeness (QED) is 0.777. The van der Waals surface area contributed by atoms with Crippen LogP contribution in [0.4, 0.5) is 0 Å². The molecule has 2 aromatic rings. The molecule has 9 nitrogen and oxygen atoms in total. The molecule has 1 unspecified atom stereocenters. The average molecular weight is 357 g/mol. The minimum atomic E-state index is -1.65. The highest BCUT2D eigenvalue weighted by molar-refractivity contribution is 6.05. The van der Waals surface area contributed by atoms with Crippen molar-refractivity contribution >= 4 is 29.3 Å². The molecule has 1 atom stereocenters. The average Bonchev–Trinajstić information content (AvgIpc) is 3.05. The van der Waals surface area contributed by atoms with Gasteiger partial charge in [-0.25, -0.2) is 14.2 Å². The number of allylic oxidation sites excluding steroid dienone is 2. The molecule has 0 saturated heterocycles. The number of hydrogen-bond donors (Lipinski definition) is 2. The first kappa shape index (κ1) is 17.3. The fourth-order valence-corrected chi connectivity index (χ4v) is 3.57. The number of carboxylic acids is 2. The lowest BCUT2D eigenvalue weighted by Crippen LogP contribution is -2.44. The van der Waals surface area contributed by atoms with E-state index in [1.807, 2.05) is 0 Å². The predicted molar refractivity (Wildman–Crippen MR) is 88.0 cm³/mol. The van der Waals surface area contributed by atoms with E-state index in [0.29, 0.717) is 11.8 Å². The fraction of sp³-hybridized carbons (Fsp3) is 0.235. The third kappa shape index (κ3) is 2.13. The molecule has 2 heterocycles. The number of carbonyl (C=O) groups is 3. The van der Waals surface area contributed by atoms with Gasteiger partial charge in [-0.2, -0.15) is 0 Å². The maximum absolute atomic E-state index is 12.1. The normalized spacial score (nSPS) is 20.7. The summed E-state index contributed by atoms with van der Waals surface area (Å²) in [6, 6.07) is 4.76. The van der Waals surface area contributed by atoms with Crippen LogP contribution in [-0.2, 0) is 19.8 Å². The van der Waals surface area contributed by atoms with Crippen molar-refractivity contribution in [2.24, 2.45) is 0 Å². The molecule has 0 radical (unpaired) electrons. The van der Waals surface area contributed by atoms with Crippen molar-refractivity contribution < 1.29 is 29.2 Å². The number of nitrogens with zero attached hydrogens (tertiary/aromatic N) is 3. The van der Waals surface area contributed by atoms with E-state index in [1.165, 1.54) is 25.8 Å². The van der Waals surface area contributed by atoms with E-state index in [1.54, 1.807) is 18.2 Å². The SMILES string of the molecule is CC1=C(C(=O)O)C(C)(c2cccc3nonc23)C(C(=O)O)=C(C=O)N1C. The first-order chi connectivity index (χ1) is 12.2. The predicted octanol–water partition coefficient (Wildman–Crippen LogP) is 1.32. The Kier molecular flexibility index (Phi) is 3.87. The summed E-state index contributed by atoms with van der Waals surface area (Å²) >= 11 is 0. The van der Waals surface area contributed by atoms with Crippen LogP contribution in [0, 0.1) is 0 Å². The summed E-state index contributed by atoms with van der Waals surface area (Å²) in [5.74, 6) is -2.70. The maximum atomic E-state index is 12.1. The zero-order valence-electron chi connectivity index (χ0n) is 14.2. The minimum Gasteiger partial charge on any atom is -0.478 e. The Morgan fingerprint density at radius 2 is 1.85 bits per heavy atom. The molecule has 9 heteroatoms. The second-order valence-electron chi connectivity index (χ2n) is 6.07. The molecule has 2 N–H and O–H groups in total. The van der Waals surface area contributed by atoms with Crippen molar-refractivity contribution in [3.8, 4) is 0 Å². The summed E-state index contributed by atoms with van der Waals surface area (Å²) in [5, 5.41) is 27.2. The summed E-state index contributed by atoms with van der Waals surface area (Å²) in [6.45, 7) is 2.97. The third-order valence-electron chi connectivity index (χ3n) is 4.85. The number of rotatable bonds is 4. The van der Waals surface area contributed by atoms with Gasteiger partial charge in [0, 0.05) is 12.7 Å². The summed E-state index contributed by atoms with van der Waals surface area (Å²) < 4.78 is 4.73. The van der Waals surface area contributed by atoms with E-state index in [4.69, 9.17) is 4.63 Å². The number of carboxylic acid groups (broad SMARTS) is 2. The molecule has 1 aromatic carbocycles. The second kappa shape index (κ2) is 5.80. The van der Waals surface area contributed by atoms with Crippen LogP contribution in [0.1, 0.15) is 19.4 Å². The van der Waals surface area contributed by atoms with Gasteiger partial charge < -0.3 is 15.1 Å². The molecular formula is C17H15N3O6. The van der Waals surface area contributed by atoms with Crippen LogP contribution in [0.15, 0.2) is 45.4 Å². The lowest BCUT2D eigenvalue weighted by Gasteiger charge is -2.40. The molecule has 0 amide bonds. The van der Waals surface area contributed by atoms with Gasteiger partial charge in [-0.1, -0.05) is 12.1 Å². The molecule has 1 aliphatic heterocycles. The summed E-state index contributed by atoms with van der Waals surface area (Å²) in [7, 11) is 1.45. The van der Waals surface area contributed by atoms with Gasteiger partial charge in [0.05, 0.1) is 22.3 Å². The van der Waals surface area contributed by atoms with E-state index >= 15 is 0 Å². The molecule has 3 rings (SSSR count). The molecule has 26 heavy (non-hydrogen) atoms. The van der Waals surface area contributed by atoms with Gasteiger partial charge in [0.25, 0.3) is 0 Å². The molecule has 0 aliphatic carbocycles. The number of aldehydes is 1. The Morgan fingerprint density at radius 3 is 2.42 bits per heavy atom. The molecule has 1 aliphatic rings. The smallest absolute Gasteiger partial charge is 0.335 e. The molecular weight excluding hydrogens is 342 g/mol. The van der Waals surface area contributed by atoms with Crippen molar-refractivity contribution in [3.63, 3.8) is 0 Å². The van der Waals surface area contributed by atoms with Crippen LogP contribution < -0.4 is 0 Å². The highest BCUT2D eigenvalue weighted by Gasteiger charge is 2.50. The number of benzene rings is 1. The largest absolute Gasteiger partial charge is 0.478 e. The van der Waals surface area contributed by atoms with Gasteiger partial charge in [-0.3, -0.25) is 4.79 Å². The number of hydrogen-bond acceptors (Lipinski definition) is 7. The van der Waals surface area contributed by atoms with Crippen LogP contribution in [0.2, 0.25) is 0 Å². The molecule has 134 valence electrons. The standard InChI is InChI=1S/C17H15N3O6/c1-8-12(15(22)23)17(2,13(16(24)25)11(7-21)20(8)3)9-5-4-6-10-14(9)19-26-18-10/h4-7H,1-3H3,(H,22,23)(H,24,25). The Labute approximate surface area is 147 Å². The summed E-state index contributed by atoms with van der Waals surface area (Å²) in [4.78, 5) is 37.1. The molecule has 0 spiro atoms. The van der Waals surface area contributed by atoms with Crippen molar-refractivity contribution in [2.75, 3.05) is 7.05 Å². The van der Waals surface area contributed by atoms with Crippen molar-refractivity contribution in [1.82, 2.24) is 15.2 Å². The van der Waals surface area contributed by atoms with E-state index in [-0.39, 0.29) is 33.6 Å².